The minimum Gasteiger partial charge on any atom is -0.454 e. The Balaban J connectivity index is 1.68. The number of hydrogen-bond donors (Lipinski definition) is 1. The van der Waals surface area contributed by atoms with Crippen molar-refractivity contribution in [2.45, 2.75) is 19.5 Å². The van der Waals surface area contributed by atoms with Gasteiger partial charge in [0.25, 0.3) is 0 Å². The van der Waals surface area contributed by atoms with Crippen LogP contribution in [0, 0.1) is 0 Å². The van der Waals surface area contributed by atoms with E-state index in [0.717, 1.165) is 17.9 Å². The van der Waals surface area contributed by atoms with Gasteiger partial charge < -0.3 is 14.8 Å². The molecule has 0 spiro atoms. The van der Waals surface area contributed by atoms with Crippen LogP contribution in [0.5, 0.6) is 11.5 Å². The van der Waals surface area contributed by atoms with Crippen LogP contribution >= 0.6 is 11.6 Å². The Morgan fingerprint density at radius 3 is 2.80 bits per heavy atom. The molecule has 0 aliphatic carbocycles. The summed E-state index contributed by atoms with van der Waals surface area (Å²) in [6.07, 6.45) is 0. The number of fused-ring (bicyclic) bond motifs is 1. The van der Waals surface area contributed by atoms with Crippen LogP contribution in [0.2, 0.25) is 5.02 Å². The quantitative estimate of drug-likeness (QED) is 0.925. The normalized spacial score (nSPS) is 14.3. The number of halogens is 1. The Morgan fingerprint density at radius 2 is 2.00 bits per heavy atom. The first-order valence-corrected chi connectivity index (χ1v) is 6.98. The largest absolute Gasteiger partial charge is 0.454 e. The summed E-state index contributed by atoms with van der Waals surface area (Å²) < 4.78 is 10.7. The highest BCUT2D eigenvalue weighted by molar-refractivity contribution is 6.32. The third-order valence-electron chi connectivity index (χ3n) is 3.40. The van der Waals surface area contributed by atoms with Gasteiger partial charge in [0.15, 0.2) is 11.5 Å². The van der Waals surface area contributed by atoms with E-state index in [1.165, 1.54) is 5.56 Å². The molecule has 0 saturated carbocycles. The van der Waals surface area contributed by atoms with Crippen LogP contribution in [0.15, 0.2) is 42.5 Å². The minimum absolute atomic E-state index is 0.242. The van der Waals surface area contributed by atoms with Gasteiger partial charge >= 0.3 is 0 Å². The van der Waals surface area contributed by atoms with E-state index in [4.69, 9.17) is 21.1 Å². The molecule has 104 valence electrons. The standard InChI is InChI=1S/C16H16ClNO2/c1-11(13-5-3-2-4-6-13)18-9-12-7-14(17)16-15(8-12)19-10-20-16/h2-8,11,18H,9-10H2,1H3/t11-/m1/s1. The first-order chi connectivity index (χ1) is 9.74. The van der Waals surface area contributed by atoms with Gasteiger partial charge in [0, 0.05) is 12.6 Å². The van der Waals surface area contributed by atoms with E-state index in [1.54, 1.807) is 0 Å². The molecule has 4 heteroatoms. The van der Waals surface area contributed by atoms with Gasteiger partial charge in [0.05, 0.1) is 5.02 Å². The van der Waals surface area contributed by atoms with Crippen molar-refractivity contribution in [3.05, 3.63) is 58.6 Å². The number of hydrogen-bond acceptors (Lipinski definition) is 3. The lowest BCUT2D eigenvalue weighted by Gasteiger charge is -2.14. The molecule has 2 aromatic rings. The SMILES string of the molecule is C[C@@H](NCc1cc(Cl)c2c(c1)OCO2)c1ccccc1. The molecule has 0 saturated heterocycles. The molecule has 3 rings (SSSR count). The lowest BCUT2D eigenvalue weighted by molar-refractivity contribution is 0.174. The number of rotatable bonds is 4. The van der Waals surface area contributed by atoms with Gasteiger partial charge in [-0.1, -0.05) is 41.9 Å². The third kappa shape index (κ3) is 2.74. The van der Waals surface area contributed by atoms with Crippen LogP contribution in [0.1, 0.15) is 24.1 Å². The van der Waals surface area contributed by atoms with E-state index in [0.29, 0.717) is 10.8 Å². The van der Waals surface area contributed by atoms with E-state index in [9.17, 15) is 0 Å². The zero-order chi connectivity index (χ0) is 13.9. The highest BCUT2D eigenvalue weighted by Gasteiger charge is 2.18. The average molecular weight is 290 g/mol. The maximum Gasteiger partial charge on any atom is 0.231 e. The molecule has 1 aliphatic heterocycles. The van der Waals surface area contributed by atoms with Crippen molar-refractivity contribution < 1.29 is 9.47 Å². The summed E-state index contributed by atoms with van der Waals surface area (Å²) >= 11 is 6.17. The van der Waals surface area contributed by atoms with Gasteiger partial charge in [-0.25, -0.2) is 0 Å². The molecule has 0 bridgehead atoms. The minimum atomic E-state index is 0.242. The van der Waals surface area contributed by atoms with Gasteiger partial charge in [0.2, 0.25) is 6.79 Å². The van der Waals surface area contributed by atoms with Crippen molar-refractivity contribution in [1.29, 1.82) is 0 Å². The van der Waals surface area contributed by atoms with Crippen molar-refractivity contribution in [3.8, 4) is 11.5 Å². The zero-order valence-corrected chi connectivity index (χ0v) is 12.0. The Bertz CT molecular complexity index is 601. The van der Waals surface area contributed by atoms with Crippen LogP contribution in [0.4, 0.5) is 0 Å². The second-order valence-electron chi connectivity index (χ2n) is 4.82. The van der Waals surface area contributed by atoms with Crippen molar-refractivity contribution in [1.82, 2.24) is 5.32 Å². The van der Waals surface area contributed by atoms with Crippen molar-refractivity contribution in [2.75, 3.05) is 6.79 Å². The maximum atomic E-state index is 6.17. The average Bonchev–Trinajstić information content (AvgIpc) is 2.94. The predicted octanol–water partition coefficient (Wildman–Crippen LogP) is 3.92. The van der Waals surface area contributed by atoms with E-state index in [-0.39, 0.29) is 12.8 Å². The maximum absolute atomic E-state index is 6.17. The molecule has 20 heavy (non-hydrogen) atoms. The van der Waals surface area contributed by atoms with Crippen LogP contribution < -0.4 is 14.8 Å². The first-order valence-electron chi connectivity index (χ1n) is 6.60. The smallest absolute Gasteiger partial charge is 0.231 e. The molecule has 0 aromatic heterocycles. The van der Waals surface area contributed by atoms with Gasteiger partial charge in [-0.05, 0) is 30.2 Å². The molecular formula is C16H16ClNO2. The fourth-order valence-electron chi connectivity index (χ4n) is 2.25. The summed E-state index contributed by atoms with van der Waals surface area (Å²) in [5.74, 6) is 1.37. The second kappa shape index (κ2) is 5.73. The van der Waals surface area contributed by atoms with Crippen LogP contribution in [0.3, 0.4) is 0 Å². The molecule has 0 radical (unpaired) electrons. The van der Waals surface area contributed by atoms with Crippen molar-refractivity contribution >= 4 is 11.6 Å². The summed E-state index contributed by atoms with van der Waals surface area (Å²) in [6, 6.07) is 14.5. The fraction of sp³-hybridized carbons (Fsp3) is 0.250. The van der Waals surface area contributed by atoms with E-state index < -0.39 is 0 Å². The Morgan fingerprint density at radius 1 is 1.20 bits per heavy atom. The van der Waals surface area contributed by atoms with Gasteiger partial charge in [0.1, 0.15) is 0 Å². The Labute approximate surface area is 123 Å². The molecular weight excluding hydrogens is 274 g/mol. The van der Waals surface area contributed by atoms with Gasteiger partial charge in [-0.15, -0.1) is 0 Å². The second-order valence-corrected chi connectivity index (χ2v) is 5.23. The van der Waals surface area contributed by atoms with Gasteiger partial charge in [-0.2, -0.15) is 0 Å². The third-order valence-corrected chi connectivity index (χ3v) is 3.68. The lowest BCUT2D eigenvalue weighted by atomic mass is 10.1. The fourth-order valence-corrected chi connectivity index (χ4v) is 2.54. The highest BCUT2D eigenvalue weighted by Crippen LogP contribution is 2.39. The number of nitrogens with one attached hydrogen (secondary N) is 1. The topological polar surface area (TPSA) is 30.5 Å². The van der Waals surface area contributed by atoms with Crippen molar-refractivity contribution in [2.24, 2.45) is 0 Å². The van der Waals surface area contributed by atoms with Crippen molar-refractivity contribution in [3.63, 3.8) is 0 Å². The summed E-state index contributed by atoms with van der Waals surface area (Å²) in [5, 5.41) is 4.08. The highest BCUT2D eigenvalue weighted by atomic mass is 35.5. The summed E-state index contributed by atoms with van der Waals surface area (Å²) in [5.41, 5.74) is 2.35. The molecule has 0 fully saturated rings. The molecule has 1 atom stereocenters. The molecule has 0 amide bonds. The monoisotopic (exact) mass is 289 g/mol. The zero-order valence-electron chi connectivity index (χ0n) is 11.2. The van der Waals surface area contributed by atoms with Crippen LogP contribution in [0.25, 0.3) is 0 Å². The molecule has 0 unspecified atom stereocenters. The lowest BCUT2D eigenvalue weighted by Crippen LogP contribution is -2.17. The van der Waals surface area contributed by atoms with E-state index in [2.05, 4.69) is 24.4 Å². The molecule has 2 aromatic carbocycles. The van der Waals surface area contributed by atoms with E-state index >= 15 is 0 Å². The van der Waals surface area contributed by atoms with E-state index in [1.807, 2.05) is 30.3 Å². The van der Waals surface area contributed by atoms with Crippen LogP contribution in [-0.4, -0.2) is 6.79 Å². The summed E-state index contributed by atoms with van der Waals surface area (Å²) in [7, 11) is 0. The predicted molar refractivity (Wildman–Crippen MR) is 79.3 cm³/mol. The molecule has 1 aliphatic rings. The van der Waals surface area contributed by atoms with Crippen LogP contribution in [-0.2, 0) is 6.54 Å². The number of benzene rings is 2. The molecule has 1 N–H and O–H groups in total. The Kier molecular flexibility index (Phi) is 3.81. The molecule has 1 heterocycles. The Hall–Kier alpha value is -1.71. The van der Waals surface area contributed by atoms with Gasteiger partial charge in [-0.3, -0.25) is 0 Å². The molecule has 3 nitrogen and oxygen atoms in total. The summed E-state index contributed by atoms with van der Waals surface area (Å²) in [6.45, 7) is 3.11. The number of ether oxygens (including phenoxy) is 2. The summed E-state index contributed by atoms with van der Waals surface area (Å²) in [4.78, 5) is 0. The first kappa shape index (κ1) is 13.3.